The highest BCUT2D eigenvalue weighted by Crippen LogP contribution is 2.41. The molecule has 0 saturated heterocycles. The van der Waals surface area contributed by atoms with Crippen LogP contribution in [0.3, 0.4) is 0 Å². The van der Waals surface area contributed by atoms with Gasteiger partial charge >= 0.3 is 0 Å². The van der Waals surface area contributed by atoms with E-state index in [0.29, 0.717) is 11.7 Å². The monoisotopic (exact) mass is 343 g/mol. The van der Waals surface area contributed by atoms with E-state index < -0.39 is 0 Å². The van der Waals surface area contributed by atoms with Crippen molar-refractivity contribution in [3.8, 4) is 10.9 Å². The number of thiazole rings is 1. The van der Waals surface area contributed by atoms with E-state index in [4.69, 9.17) is 9.26 Å². The molecule has 19 heavy (non-hydrogen) atoms. The van der Waals surface area contributed by atoms with E-state index in [9.17, 15) is 0 Å². The second-order valence-electron chi connectivity index (χ2n) is 4.71. The van der Waals surface area contributed by atoms with Crippen molar-refractivity contribution in [2.75, 3.05) is 7.11 Å². The third-order valence-electron chi connectivity index (χ3n) is 3.56. The Morgan fingerprint density at radius 3 is 2.63 bits per heavy atom. The summed E-state index contributed by atoms with van der Waals surface area (Å²) in [6.45, 7) is 1.94. The predicted molar refractivity (Wildman–Crippen MR) is 75.0 cm³/mol. The van der Waals surface area contributed by atoms with Crippen LogP contribution >= 0.6 is 27.3 Å². The summed E-state index contributed by atoms with van der Waals surface area (Å²) in [4.78, 5) is 8.89. The molecule has 0 amide bonds. The van der Waals surface area contributed by atoms with E-state index in [1.807, 2.05) is 6.92 Å². The fourth-order valence-electron chi connectivity index (χ4n) is 2.43. The molecule has 1 aliphatic carbocycles. The molecule has 3 rings (SSSR count). The molecular weight excluding hydrogens is 330 g/mol. The molecule has 2 aromatic heterocycles. The van der Waals surface area contributed by atoms with Crippen molar-refractivity contribution in [3.63, 3.8) is 0 Å². The SMILES string of the molecule is COC1(c2noc(-c3nc(C)c(Br)s3)n2)CCCC1. The van der Waals surface area contributed by atoms with Gasteiger partial charge in [-0.05, 0) is 48.5 Å². The van der Waals surface area contributed by atoms with Gasteiger partial charge < -0.3 is 9.26 Å². The van der Waals surface area contributed by atoms with Crippen LogP contribution < -0.4 is 0 Å². The fraction of sp³-hybridized carbons (Fsp3) is 0.583. The summed E-state index contributed by atoms with van der Waals surface area (Å²) in [5.74, 6) is 1.11. The lowest BCUT2D eigenvalue weighted by Gasteiger charge is -2.22. The van der Waals surface area contributed by atoms with Crippen LogP contribution in [-0.2, 0) is 10.3 Å². The van der Waals surface area contributed by atoms with Crippen molar-refractivity contribution in [2.24, 2.45) is 0 Å². The Hall–Kier alpha value is -0.790. The zero-order valence-corrected chi connectivity index (χ0v) is 13.2. The Bertz CT molecular complexity index is 570. The van der Waals surface area contributed by atoms with Crippen molar-refractivity contribution < 1.29 is 9.26 Å². The molecule has 7 heteroatoms. The standard InChI is InChI=1S/C12H14BrN3O2S/c1-7-8(13)19-10(14-7)9-15-11(16-18-9)12(17-2)5-3-4-6-12/h3-6H2,1-2H3. The van der Waals surface area contributed by atoms with Crippen LogP contribution in [0.2, 0.25) is 0 Å². The molecule has 0 bridgehead atoms. The van der Waals surface area contributed by atoms with Gasteiger partial charge in [0, 0.05) is 7.11 Å². The van der Waals surface area contributed by atoms with E-state index in [0.717, 1.165) is 40.2 Å². The topological polar surface area (TPSA) is 61.0 Å². The molecule has 5 nitrogen and oxygen atoms in total. The maximum atomic E-state index is 5.65. The zero-order valence-electron chi connectivity index (χ0n) is 10.8. The molecular formula is C12H14BrN3O2S. The number of hydrogen-bond acceptors (Lipinski definition) is 6. The Morgan fingerprint density at radius 2 is 2.05 bits per heavy atom. The van der Waals surface area contributed by atoms with Crippen molar-refractivity contribution in [1.29, 1.82) is 0 Å². The fourth-order valence-corrected chi connectivity index (χ4v) is 3.69. The van der Waals surface area contributed by atoms with Gasteiger partial charge in [0.05, 0.1) is 9.48 Å². The Balaban J connectivity index is 1.95. The summed E-state index contributed by atoms with van der Waals surface area (Å²) in [6, 6.07) is 0. The van der Waals surface area contributed by atoms with Crippen LogP contribution in [0.15, 0.2) is 8.31 Å². The van der Waals surface area contributed by atoms with Crippen LogP contribution in [0.5, 0.6) is 0 Å². The molecule has 1 saturated carbocycles. The van der Waals surface area contributed by atoms with Crippen LogP contribution in [0.25, 0.3) is 10.9 Å². The highest BCUT2D eigenvalue weighted by molar-refractivity contribution is 9.11. The maximum absolute atomic E-state index is 5.65. The van der Waals surface area contributed by atoms with Crippen LogP contribution in [0.4, 0.5) is 0 Å². The van der Waals surface area contributed by atoms with Gasteiger partial charge in [-0.15, -0.1) is 11.3 Å². The lowest BCUT2D eigenvalue weighted by atomic mass is 10.0. The lowest BCUT2D eigenvalue weighted by Crippen LogP contribution is -2.25. The normalized spacial score (nSPS) is 18.1. The first kappa shape index (κ1) is 13.2. The van der Waals surface area contributed by atoms with Gasteiger partial charge in [0.2, 0.25) is 5.82 Å². The van der Waals surface area contributed by atoms with E-state index in [2.05, 4.69) is 31.1 Å². The number of aryl methyl sites for hydroxylation is 1. The first-order valence-corrected chi connectivity index (χ1v) is 7.78. The van der Waals surface area contributed by atoms with Gasteiger partial charge in [0.15, 0.2) is 5.01 Å². The molecule has 0 atom stereocenters. The molecule has 2 heterocycles. The second kappa shape index (κ2) is 4.96. The van der Waals surface area contributed by atoms with Crippen molar-refractivity contribution >= 4 is 27.3 Å². The first-order chi connectivity index (χ1) is 9.14. The number of halogens is 1. The van der Waals surface area contributed by atoms with Crippen LogP contribution in [0.1, 0.15) is 37.2 Å². The van der Waals surface area contributed by atoms with Crippen LogP contribution in [0, 0.1) is 6.92 Å². The smallest absolute Gasteiger partial charge is 0.287 e. The van der Waals surface area contributed by atoms with Crippen molar-refractivity contribution in [2.45, 2.75) is 38.2 Å². The summed E-state index contributed by atoms with van der Waals surface area (Å²) in [5, 5.41) is 4.84. The van der Waals surface area contributed by atoms with Crippen LogP contribution in [-0.4, -0.2) is 22.2 Å². The van der Waals surface area contributed by atoms with Gasteiger partial charge in [0.1, 0.15) is 5.60 Å². The van der Waals surface area contributed by atoms with Crippen molar-refractivity contribution in [1.82, 2.24) is 15.1 Å². The van der Waals surface area contributed by atoms with Gasteiger partial charge in [-0.3, -0.25) is 0 Å². The maximum Gasteiger partial charge on any atom is 0.287 e. The van der Waals surface area contributed by atoms with E-state index >= 15 is 0 Å². The quantitative estimate of drug-likeness (QED) is 0.850. The average Bonchev–Trinajstić information content (AvgIpc) is 3.10. The predicted octanol–water partition coefficient (Wildman–Crippen LogP) is 3.68. The van der Waals surface area contributed by atoms with Gasteiger partial charge in [-0.25, -0.2) is 4.98 Å². The number of methoxy groups -OCH3 is 1. The highest BCUT2D eigenvalue weighted by atomic mass is 79.9. The zero-order chi connectivity index (χ0) is 13.5. The summed E-state index contributed by atoms with van der Waals surface area (Å²) in [5.41, 5.74) is 0.563. The number of aromatic nitrogens is 3. The lowest BCUT2D eigenvalue weighted by molar-refractivity contribution is -0.0178. The molecule has 0 spiro atoms. The minimum atomic E-state index is -0.370. The third kappa shape index (κ3) is 2.23. The summed E-state index contributed by atoms with van der Waals surface area (Å²) >= 11 is 4.95. The molecule has 0 unspecified atom stereocenters. The van der Waals surface area contributed by atoms with Crippen molar-refractivity contribution in [3.05, 3.63) is 15.3 Å². The third-order valence-corrected chi connectivity index (χ3v) is 5.55. The number of hydrogen-bond donors (Lipinski definition) is 0. The van der Waals surface area contributed by atoms with Gasteiger partial charge in [-0.1, -0.05) is 5.16 Å². The molecule has 0 radical (unpaired) electrons. The molecule has 0 aliphatic heterocycles. The Morgan fingerprint density at radius 1 is 1.32 bits per heavy atom. The van der Waals surface area contributed by atoms with E-state index in [-0.39, 0.29) is 5.60 Å². The first-order valence-electron chi connectivity index (χ1n) is 6.17. The highest BCUT2D eigenvalue weighted by Gasteiger charge is 2.40. The van der Waals surface area contributed by atoms with E-state index in [1.165, 1.54) is 11.3 Å². The summed E-state index contributed by atoms with van der Waals surface area (Å²) in [7, 11) is 1.71. The van der Waals surface area contributed by atoms with Gasteiger partial charge in [0.25, 0.3) is 5.89 Å². The minimum absolute atomic E-state index is 0.370. The molecule has 1 fully saturated rings. The molecule has 0 N–H and O–H groups in total. The molecule has 1 aliphatic rings. The largest absolute Gasteiger partial charge is 0.370 e. The Kier molecular flexibility index (Phi) is 3.44. The summed E-state index contributed by atoms with van der Waals surface area (Å²) in [6.07, 6.45) is 4.17. The minimum Gasteiger partial charge on any atom is -0.370 e. The summed E-state index contributed by atoms with van der Waals surface area (Å²) < 4.78 is 12.0. The number of rotatable bonds is 3. The molecule has 0 aromatic carbocycles. The van der Waals surface area contributed by atoms with E-state index in [1.54, 1.807) is 7.11 Å². The van der Waals surface area contributed by atoms with Gasteiger partial charge in [-0.2, -0.15) is 4.98 Å². The molecule has 2 aromatic rings. The number of nitrogens with zero attached hydrogens (tertiary/aromatic N) is 3. The second-order valence-corrected chi connectivity index (χ2v) is 7.02. The average molecular weight is 344 g/mol. The Labute approximate surface area is 123 Å². The number of ether oxygens (including phenoxy) is 1. The molecule has 102 valence electrons.